The second-order valence-corrected chi connectivity index (χ2v) is 3.17. The van der Waals surface area contributed by atoms with Crippen molar-refractivity contribution < 1.29 is 5.11 Å². The van der Waals surface area contributed by atoms with E-state index < -0.39 is 0 Å². The molecule has 0 radical (unpaired) electrons. The molecule has 4 heteroatoms. The maximum atomic E-state index is 9.36. The molecule has 4 nitrogen and oxygen atoms in total. The molecule has 3 N–H and O–H groups in total. The van der Waals surface area contributed by atoms with Crippen molar-refractivity contribution in [1.82, 2.24) is 15.5 Å². The van der Waals surface area contributed by atoms with Crippen LogP contribution in [0, 0.1) is 0 Å². The van der Waals surface area contributed by atoms with Gasteiger partial charge in [0.2, 0.25) is 0 Å². The number of nitrogens with one attached hydrogen (secondary N) is 2. The molecule has 1 fully saturated rings. The van der Waals surface area contributed by atoms with E-state index in [4.69, 9.17) is 0 Å². The highest BCUT2D eigenvalue weighted by molar-refractivity contribution is 4.65. The summed E-state index contributed by atoms with van der Waals surface area (Å²) in [7, 11) is 0. The molecule has 1 saturated heterocycles. The number of hydrogen-bond donors (Lipinski definition) is 3. The van der Waals surface area contributed by atoms with Crippen LogP contribution in [0.15, 0.2) is 0 Å². The Morgan fingerprint density at radius 1 is 1.08 bits per heavy atom. The Morgan fingerprint density at radius 3 is 2.00 bits per heavy atom. The predicted molar refractivity (Wildman–Crippen MR) is 49.0 cm³/mol. The van der Waals surface area contributed by atoms with Crippen LogP contribution in [0.4, 0.5) is 0 Å². The molecule has 0 aliphatic carbocycles. The van der Waals surface area contributed by atoms with Crippen molar-refractivity contribution in [3.8, 4) is 0 Å². The molecule has 1 rings (SSSR count). The SMILES string of the molecule is CC(O)N1CCNCCNCC1. The highest BCUT2D eigenvalue weighted by Crippen LogP contribution is 1.93. The minimum Gasteiger partial charge on any atom is -0.379 e. The Kier molecular flexibility index (Phi) is 4.53. The van der Waals surface area contributed by atoms with Gasteiger partial charge in [-0.2, -0.15) is 0 Å². The van der Waals surface area contributed by atoms with Crippen molar-refractivity contribution in [2.75, 3.05) is 39.3 Å². The largest absolute Gasteiger partial charge is 0.379 e. The lowest BCUT2D eigenvalue weighted by Gasteiger charge is -2.24. The molecule has 1 unspecified atom stereocenters. The molecule has 72 valence electrons. The third kappa shape index (κ3) is 3.49. The molecule has 1 heterocycles. The topological polar surface area (TPSA) is 47.5 Å². The molecule has 0 spiro atoms. The van der Waals surface area contributed by atoms with Crippen LogP contribution < -0.4 is 10.6 Å². The van der Waals surface area contributed by atoms with Gasteiger partial charge < -0.3 is 15.7 Å². The number of rotatable bonds is 1. The summed E-state index contributed by atoms with van der Waals surface area (Å²) in [6, 6.07) is 0. The van der Waals surface area contributed by atoms with Gasteiger partial charge in [0.05, 0.1) is 0 Å². The van der Waals surface area contributed by atoms with Crippen molar-refractivity contribution in [2.24, 2.45) is 0 Å². The molecule has 0 aromatic heterocycles. The average molecular weight is 173 g/mol. The summed E-state index contributed by atoms with van der Waals surface area (Å²) in [4.78, 5) is 2.06. The van der Waals surface area contributed by atoms with Crippen LogP contribution in [0.3, 0.4) is 0 Å². The van der Waals surface area contributed by atoms with Gasteiger partial charge in [-0.15, -0.1) is 0 Å². The van der Waals surface area contributed by atoms with Crippen LogP contribution in [0.25, 0.3) is 0 Å². The lowest BCUT2D eigenvalue weighted by atomic mass is 10.4. The smallest absolute Gasteiger partial charge is 0.104 e. The average Bonchev–Trinajstić information content (AvgIpc) is 2.15. The molecule has 0 aromatic carbocycles. The molecule has 1 atom stereocenters. The minimum absolute atomic E-state index is 0.327. The molecule has 0 amide bonds. The number of aliphatic hydroxyl groups excluding tert-OH is 1. The first kappa shape index (κ1) is 9.92. The first-order valence-corrected chi connectivity index (χ1v) is 4.64. The molecule has 0 saturated carbocycles. The van der Waals surface area contributed by atoms with Gasteiger partial charge in [-0.3, -0.25) is 4.90 Å². The fourth-order valence-electron chi connectivity index (χ4n) is 1.36. The first-order valence-electron chi connectivity index (χ1n) is 4.64. The van der Waals surface area contributed by atoms with E-state index in [9.17, 15) is 5.11 Å². The van der Waals surface area contributed by atoms with Crippen molar-refractivity contribution in [1.29, 1.82) is 0 Å². The quantitative estimate of drug-likeness (QED) is 0.467. The summed E-state index contributed by atoms with van der Waals surface area (Å²) in [5.41, 5.74) is 0. The van der Waals surface area contributed by atoms with Gasteiger partial charge in [0.1, 0.15) is 6.23 Å². The Labute approximate surface area is 73.9 Å². The maximum Gasteiger partial charge on any atom is 0.104 e. The summed E-state index contributed by atoms with van der Waals surface area (Å²) >= 11 is 0. The summed E-state index contributed by atoms with van der Waals surface area (Å²) in [5, 5.41) is 15.9. The minimum atomic E-state index is -0.327. The summed E-state index contributed by atoms with van der Waals surface area (Å²) < 4.78 is 0. The Hall–Kier alpha value is -0.160. The van der Waals surface area contributed by atoms with E-state index in [-0.39, 0.29) is 6.23 Å². The molecular weight excluding hydrogens is 154 g/mol. The van der Waals surface area contributed by atoms with Crippen molar-refractivity contribution in [3.63, 3.8) is 0 Å². The molecular formula is C8H19N3O. The molecule has 0 bridgehead atoms. The molecule has 12 heavy (non-hydrogen) atoms. The zero-order valence-corrected chi connectivity index (χ0v) is 7.71. The van der Waals surface area contributed by atoms with Crippen molar-refractivity contribution in [3.05, 3.63) is 0 Å². The molecule has 1 aliphatic heterocycles. The van der Waals surface area contributed by atoms with Gasteiger partial charge >= 0.3 is 0 Å². The number of aliphatic hydroxyl groups is 1. The van der Waals surface area contributed by atoms with Crippen molar-refractivity contribution >= 4 is 0 Å². The Balaban J connectivity index is 2.28. The van der Waals surface area contributed by atoms with E-state index in [0.29, 0.717) is 0 Å². The van der Waals surface area contributed by atoms with Gasteiger partial charge in [0.25, 0.3) is 0 Å². The first-order chi connectivity index (χ1) is 5.80. The van der Waals surface area contributed by atoms with E-state index in [1.807, 2.05) is 6.92 Å². The molecule has 0 aromatic rings. The fourth-order valence-corrected chi connectivity index (χ4v) is 1.36. The van der Waals surface area contributed by atoms with Crippen LogP contribution in [0.1, 0.15) is 6.92 Å². The van der Waals surface area contributed by atoms with E-state index in [1.54, 1.807) is 0 Å². The normalized spacial score (nSPS) is 25.5. The van der Waals surface area contributed by atoms with E-state index >= 15 is 0 Å². The molecule has 1 aliphatic rings. The van der Waals surface area contributed by atoms with Gasteiger partial charge in [0, 0.05) is 39.3 Å². The monoisotopic (exact) mass is 173 g/mol. The summed E-state index contributed by atoms with van der Waals surface area (Å²) in [5.74, 6) is 0. The highest BCUT2D eigenvalue weighted by atomic mass is 16.3. The second-order valence-electron chi connectivity index (χ2n) is 3.17. The fraction of sp³-hybridized carbons (Fsp3) is 1.00. The van der Waals surface area contributed by atoms with Gasteiger partial charge in [-0.1, -0.05) is 0 Å². The second kappa shape index (κ2) is 5.48. The Bertz CT molecular complexity index is 109. The van der Waals surface area contributed by atoms with Crippen LogP contribution in [-0.4, -0.2) is 55.5 Å². The third-order valence-corrected chi connectivity index (χ3v) is 2.16. The van der Waals surface area contributed by atoms with E-state index in [1.165, 1.54) is 0 Å². The van der Waals surface area contributed by atoms with Gasteiger partial charge in [-0.25, -0.2) is 0 Å². The Morgan fingerprint density at radius 2 is 1.58 bits per heavy atom. The van der Waals surface area contributed by atoms with Crippen LogP contribution in [-0.2, 0) is 0 Å². The lowest BCUT2D eigenvalue weighted by Crippen LogP contribution is -2.40. The summed E-state index contributed by atoms with van der Waals surface area (Å²) in [6.07, 6.45) is -0.327. The number of nitrogens with zero attached hydrogens (tertiary/aromatic N) is 1. The lowest BCUT2D eigenvalue weighted by molar-refractivity contribution is 0.0215. The standard InChI is InChI=1S/C8H19N3O/c1-8(12)11-6-4-9-2-3-10-5-7-11/h8-10,12H,2-7H2,1H3. The van der Waals surface area contributed by atoms with Crippen LogP contribution >= 0.6 is 0 Å². The van der Waals surface area contributed by atoms with E-state index in [2.05, 4.69) is 15.5 Å². The predicted octanol–water partition coefficient (Wildman–Crippen LogP) is -1.18. The number of hydrogen-bond acceptors (Lipinski definition) is 4. The zero-order chi connectivity index (χ0) is 8.81. The third-order valence-electron chi connectivity index (χ3n) is 2.16. The maximum absolute atomic E-state index is 9.36. The van der Waals surface area contributed by atoms with Crippen molar-refractivity contribution in [2.45, 2.75) is 13.2 Å². The zero-order valence-electron chi connectivity index (χ0n) is 7.71. The van der Waals surface area contributed by atoms with E-state index in [0.717, 1.165) is 39.3 Å². The summed E-state index contributed by atoms with van der Waals surface area (Å²) in [6.45, 7) is 7.65. The van der Waals surface area contributed by atoms with Gasteiger partial charge in [-0.05, 0) is 6.92 Å². The van der Waals surface area contributed by atoms with Crippen LogP contribution in [0.5, 0.6) is 0 Å². The highest BCUT2D eigenvalue weighted by Gasteiger charge is 2.10. The van der Waals surface area contributed by atoms with Gasteiger partial charge in [0.15, 0.2) is 0 Å². The van der Waals surface area contributed by atoms with Crippen LogP contribution in [0.2, 0.25) is 0 Å².